The minimum absolute atomic E-state index is 0.00889. The van der Waals surface area contributed by atoms with Crippen LogP contribution in [-0.2, 0) is 16.1 Å². The molecule has 0 bridgehead atoms. The number of alkyl carbamates (subject to hydrolysis) is 1. The first-order valence-electron chi connectivity index (χ1n) is 8.14. The highest BCUT2D eigenvalue weighted by Gasteiger charge is 2.23. The van der Waals surface area contributed by atoms with Crippen LogP contribution < -0.4 is 5.32 Å². The number of carbonyl (C=O) groups is 2. The van der Waals surface area contributed by atoms with E-state index in [4.69, 9.17) is 4.74 Å². The van der Waals surface area contributed by atoms with Crippen LogP contribution in [0.4, 0.5) is 4.79 Å². The molecule has 0 spiro atoms. The molecule has 2 unspecified atom stereocenters. The van der Waals surface area contributed by atoms with Crippen LogP contribution in [0, 0.1) is 0 Å². The zero-order valence-electron chi connectivity index (χ0n) is 14.7. The van der Waals surface area contributed by atoms with E-state index in [0.29, 0.717) is 0 Å². The van der Waals surface area contributed by atoms with Crippen molar-refractivity contribution >= 4 is 12.1 Å². The van der Waals surface area contributed by atoms with E-state index in [2.05, 4.69) is 10.1 Å². The van der Waals surface area contributed by atoms with Crippen molar-refractivity contribution < 1.29 is 34.4 Å². The molecule has 2 rings (SSSR count). The summed E-state index contributed by atoms with van der Waals surface area (Å²) >= 11 is 0. The molecule has 2 aromatic rings. The third-order valence-electron chi connectivity index (χ3n) is 3.80. The van der Waals surface area contributed by atoms with E-state index >= 15 is 0 Å². The molecular weight excluding hydrogens is 354 g/mol. The molecule has 4 N–H and O–H groups in total. The quantitative estimate of drug-likeness (QED) is 0.540. The lowest BCUT2D eigenvalue weighted by Gasteiger charge is -2.19. The van der Waals surface area contributed by atoms with Crippen molar-refractivity contribution in [3.8, 4) is 5.75 Å². The average molecular weight is 375 g/mol. The van der Waals surface area contributed by atoms with Crippen LogP contribution in [0.25, 0.3) is 0 Å². The first-order valence-corrected chi connectivity index (χ1v) is 8.14. The van der Waals surface area contributed by atoms with Gasteiger partial charge in [0.05, 0.1) is 12.7 Å². The van der Waals surface area contributed by atoms with Gasteiger partial charge in [0.2, 0.25) is 0 Å². The maximum Gasteiger partial charge on any atom is 0.407 e. The van der Waals surface area contributed by atoms with Gasteiger partial charge >= 0.3 is 12.1 Å². The van der Waals surface area contributed by atoms with Gasteiger partial charge in [-0.25, -0.2) is 9.59 Å². The van der Waals surface area contributed by atoms with E-state index in [0.717, 1.165) is 11.6 Å². The molecule has 144 valence electrons. The van der Waals surface area contributed by atoms with Gasteiger partial charge < -0.3 is 30.1 Å². The van der Waals surface area contributed by atoms with Crippen LogP contribution in [-0.4, -0.2) is 47.1 Å². The topological polar surface area (TPSA) is 125 Å². The monoisotopic (exact) mass is 375 g/mol. The lowest BCUT2D eigenvalue weighted by Crippen LogP contribution is -2.35. The summed E-state index contributed by atoms with van der Waals surface area (Å²) < 4.78 is 9.53. The molecule has 0 radical (unpaired) electrons. The number of amides is 1. The zero-order chi connectivity index (χ0) is 19.8. The van der Waals surface area contributed by atoms with Crippen molar-refractivity contribution in [2.45, 2.75) is 18.8 Å². The Morgan fingerprint density at radius 2 is 1.81 bits per heavy atom. The molecule has 0 heterocycles. The molecule has 0 aliphatic carbocycles. The Labute approximate surface area is 156 Å². The molecule has 0 fully saturated rings. The van der Waals surface area contributed by atoms with E-state index in [1.54, 1.807) is 12.1 Å². The third kappa shape index (κ3) is 5.70. The number of esters is 1. The highest BCUT2D eigenvalue weighted by molar-refractivity contribution is 5.89. The summed E-state index contributed by atoms with van der Waals surface area (Å²) in [6, 6.07) is 12.8. The summed E-state index contributed by atoms with van der Waals surface area (Å²) in [4.78, 5) is 23.1. The summed E-state index contributed by atoms with van der Waals surface area (Å²) in [5.74, 6) is -1.02. The summed E-state index contributed by atoms with van der Waals surface area (Å²) in [5.41, 5.74) is 0.918. The SMILES string of the molecule is COC(=O)c1ccc(C(O)C(O)CNC(=O)OCc2ccccc2)c(O)c1. The van der Waals surface area contributed by atoms with Gasteiger partial charge in [0.25, 0.3) is 0 Å². The molecule has 8 nitrogen and oxygen atoms in total. The van der Waals surface area contributed by atoms with Crippen LogP contribution in [0.5, 0.6) is 5.75 Å². The molecule has 0 aliphatic heterocycles. The van der Waals surface area contributed by atoms with E-state index < -0.39 is 24.3 Å². The number of nitrogens with one attached hydrogen (secondary N) is 1. The van der Waals surface area contributed by atoms with Crippen LogP contribution in [0.2, 0.25) is 0 Å². The predicted molar refractivity (Wildman–Crippen MR) is 95.0 cm³/mol. The number of aliphatic hydroxyl groups is 2. The Balaban J connectivity index is 1.87. The number of aliphatic hydroxyl groups excluding tert-OH is 2. The van der Waals surface area contributed by atoms with Gasteiger partial charge in [0, 0.05) is 12.1 Å². The fourth-order valence-corrected chi connectivity index (χ4v) is 2.32. The van der Waals surface area contributed by atoms with Crippen molar-refractivity contribution in [2.75, 3.05) is 13.7 Å². The van der Waals surface area contributed by atoms with Gasteiger partial charge in [-0.2, -0.15) is 0 Å². The van der Waals surface area contributed by atoms with E-state index in [-0.39, 0.29) is 30.0 Å². The highest BCUT2D eigenvalue weighted by atomic mass is 16.5. The van der Waals surface area contributed by atoms with Crippen LogP contribution in [0.15, 0.2) is 48.5 Å². The van der Waals surface area contributed by atoms with Gasteiger partial charge in [-0.15, -0.1) is 0 Å². The van der Waals surface area contributed by atoms with Crippen LogP contribution in [0.1, 0.15) is 27.6 Å². The average Bonchev–Trinajstić information content (AvgIpc) is 2.69. The number of hydrogen-bond donors (Lipinski definition) is 4. The number of benzene rings is 2. The number of aromatic hydroxyl groups is 1. The molecule has 0 saturated heterocycles. The normalized spacial score (nSPS) is 12.7. The van der Waals surface area contributed by atoms with Gasteiger partial charge in [-0.05, 0) is 17.7 Å². The molecule has 27 heavy (non-hydrogen) atoms. The lowest BCUT2D eigenvalue weighted by atomic mass is 10.0. The largest absolute Gasteiger partial charge is 0.508 e. The molecule has 2 atom stereocenters. The maximum absolute atomic E-state index is 11.7. The number of methoxy groups -OCH3 is 1. The second-order valence-electron chi connectivity index (χ2n) is 5.72. The van der Waals surface area contributed by atoms with Gasteiger partial charge in [0.1, 0.15) is 24.6 Å². The number of ether oxygens (including phenoxy) is 2. The Bertz CT molecular complexity index is 779. The number of phenols is 1. The van der Waals surface area contributed by atoms with Crippen LogP contribution >= 0.6 is 0 Å². The fraction of sp³-hybridized carbons (Fsp3) is 0.263. The van der Waals surface area contributed by atoms with E-state index in [9.17, 15) is 24.9 Å². The first-order chi connectivity index (χ1) is 12.9. The number of rotatable bonds is 7. The van der Waals surface area contributed by atoms with Crippen molar-refractivity contribution in [1.29, 1.82) is 0 Å². The molecule has 2 aromatic carbocycles. The third-order valence-corrected chi connectivity index (χ3v) is 3.80. The molecular formula is C19H21NO7. The standard InChI is InChI=1S/C19H21NO7/c1-26-18(24)13-7-8-14(15(21)9-13)17(23)16(22)10-20-19(25)27-11-12-5-3-2-4-6-12/h2-9,16-17,21-23H,10-11H2,1H3,(H,20,25). The van der Waals surface area contributed by atoms with Crippen molar-refractivity contribution in [3.05, 3.63) is 65.2 Å². The first kappa shape index (κ1) is 20.2. The van der Waals surface area contributed by atoms with Crippen molar-refractivity contribution in [1.82, 2.24) is 5.32 Å². The summed E-state index contributed by atoms with van der Waals surface area (Å²) in [7, 11) is 1.20. The molecule has 1 amide bonds. The van der Waals surface area contributed by atoms with Crippen LogP contribution in [0.3, 0.4) is 0 Å². The van der Waals surface area contributed by atoms with Gasteiger partial charge in [0.15, 0.2) is 0 Å². The minimum atomic E-state index is -1.48. The Morgan fingerprint density at radius 3 is 2.44 bits per heavy atom. The summed E-state index contributed by atoms with van der Waals surface area (Å²) in [6.45, 7) is -0.228. The molecule has 0 aromatic heterocycles. The second-order valence-corrected chi connectivity index (χ2v) is 5.72. The Kier molecular flexibility index (Phi) is 7.16. The number of hydrogen-bond acceptors (Lipinski definition) is 7. The molecule has 0 aliphatic rings. The maximum atomic E-state index is 11.7. The predicted octanol–water partition coefficient (Wildman–Crippen LogP) is 1.50. The van der Waals surface area contributed by atoms with Gasteiger partial charge in [-0.1, -0.05) is 36.4 Å². The zero-order valence-corrected chi connectivity index (χ0v) is 14.7. The smallest absolute Gasteiger partial charge is 0.407 e. The number of carbonyl (C=O) groups excluding carboxylic acids is 2. The Hall–Kier alpha value is -3.10. The number of phenolic OH excluding ortho intramolecular Hbond substituents is 1. The Morgan fingerprint density at radius 1 is 1.11 bits per heavy atom. The fourth-order valence-electron chi connectivity index (χ4n) is 2.32. The molecule has 0 saturated carbocycles. The summed E-state index contributed by atoms with van der Waals surface area (Å²) in [6.07, 6.45) is -3.63. The summed E-state index contributed by atoms with van der Waals surface area (Å²) in [5, 5.41) is 32.5. The van der Waals surface area contributed by atoms with Gasteiger partial charge in [-0.3, -0.25) is 0 Å². The minimum Gasteiger partial charge on any atom is -0.508 e. The van der Waals surface area contributed by atoms with E-state index in [1.807, 2.05) is 18.2 Å². The van der Waals surface area contributed by atoms with Crippen molar-refractivity contribution in [2.24, 2.45) is 0 Å². The highest BCUT2D eigenvalue weighted by Crippen LogP contribution is 2.27. The van der Waals surface area contributed by atoms with E-state index in [1.165, 1.54) is 19.2 Å². The van der Waals surface area contributed by atoms with Crippen molar-refractivity contribution in [3.63, 3.8) is 0 Å². The lowest BCUT2D eigenvalue weighted by molar-refractivity contribution is 0.0171. The molecule has 8 heteroatoms. The second kappa shape index (κ2) is 9.56.